The van der Waals surface area contributed by atoms with E-state index in [1.54, 1.807) is 25.3 Å². The van der Waals surface area contributed by atoms with E-state index in [-0.39, 0.29) is 17.8 Å². The van der Waals surface area contributed by atoms with Crippen molar-refractivity contribution in [1.29, 1.82) is 0 Å². The van der Waals surface area contributed by atoms with Gasteiger partial charge in [-0.2, -0.15) is 0 Å². The van der Waals surface area contributed by atoms with Crippen molar-refractivity contribution in [1.82, 2.24) is 0 Å². The molecule has 32 heavy (non-hydrogen) atoms. The molecule has 0 atom stereocenters. The van der Waals surface area contributed by atoms with Gasteiger partial charge < -0.3 is 19.2 Å². The molecule has 0 unspecified atom stereocenters. The molecule has 0 saturated carbocycles. The van der Waals surface area contributed by atoms with Crippen LogP contribution in [0.25, 0.3) is 22.3 Å². The van der Waals surface area contributed by atoms with E-state index in [1.807, 2.05) is 55.5 Å². The molecule has 0 fully saturated rings. The highest BCUT2D eigenvalue weighted by atomic mass is 16.5. The fourth-order valence-electron chi connectivity index (χ4n) is 3.45. The molecule has 4 rings (SSSR count). The smallest absolute Gasteiger partial charge is 0.228 e. The topological polar surface area (TPSA) is 77.8 Å². The van der Waals surface area contributed by atoms with Gasteiger partial charge in [0.25, 0.3) is 0 Å². The third-order valence-electron chi connectivity index (χ3n) is 4.99. The Labute approximate surface area is 185 Å². The van der Waals surface area contributed by atoms with Crippen LogP contribution in [0.1, 0.15) is 12.5 Å². The first kappa shape index (κ1) is 21.2. The van der Waals surface area contributed by atoms with Crippen molar-refractivity contribution in [3.8, 4) is 22.8 Å². The molecule has 162 valence electrons. The second-order valence-electron chi connectivity index (χ2n) is 7.19. The highest BCUT2D eigenvalue weighted by Crippen LogP contribution is 2.31. The summed E-state index contributed by atoms with van der Waals surface area (Å²) in [6.45, 7) is 2.40. The number of nitrogens with one attached hydrogen (secondary N) is 1. The van der Waals surface area contributed by atoms with Gasteiger partial charge in [0.05, 0.1) is 31.1 Å². The Morgan fingerprint density at radius 3 is 2.53 bits per heavy atom. The van der Waals surface area contributed by atoms with Crippen molar-refractivity contribution in [3.63, 3.8) is 0 Å². The molecular formula is C26H23NO5. The van der Waals surface area contributed by atoms with Crippen molar-refractivity contribution < 1.29 is 18.7 Å². The van der Waals surface area contributed by atoms with Gasteiger partial charge in [0.1, 0.15) is 22.8 Å². The second kappa shape index (κ2) is 9.39. The van der Waals surface area contributed by atoms with Crippen LogP contribution in [0.3, 0.4) is 0 Å². The first-order valence-electron chi connectivity index (χ1n) is 10.3. The summed E-state index contributed by atoms with van der Waals surface area (Å²) in [6, 6.07) is 21.2. The van der Waals surface area contributed by atoms with E-state index >= 15 is 0 Å². The number of hydrogen-bond acceptors (Lipinski definition) is 5. The van der Waals surface area contributed by atoms with Crippen LogP contribution >= 0.6 is 0 Å². The number of fused-ring (bicyclic) bond motifs is 1. The normalized spacial score (nSPS) is 10.7. The number of hydrogen-bond donors (Lipinski definition) is 1. The zero-order valence-electron chi connectivity index (χ0n) is 17.9. The summed E-state index contributed by atoms with van der Waals surface area (Å²) in [6.07, 6.45) is 0.216. The fourth-order valence-corrected chi connectivity index (χ4v) is 3.45. The first-order chi connectivity index (χ1) is 15.6. The lowest BCUT2D eigenvalue weighted by Crippen LogP contribution is -2.14. The van der Waals surface area contributed by atoms with Crippen LogP contribution in [0.5, 0.6) is 11.5 Å². The Balaban J connectivity index is 1.60. The molecule has 0 aliphatic heterocycles. The molecule has 1 amide bonds. The van der Waals surface area contributed by atoms with Crippen LogP contribution in [0.4, 0.5) is 5.69 Å². The summed E-state index contributed by atoms with van der Waals surface area (Å²) in [5, 5.41) is 3.31. The van der Waals surface area contributed by atoms with Crippen molar-refractivity contribution in [2.75, 3.05) is 19.0 Å². The second-order valence-corrected chi connectivity index (χ2v) is 7.19. The van der Waals surface area contributed by atoms with Crippen molar-refractivity contribution in [3.05, 3.63) is 88.6 Å². The van der Waals surface area contributed by atoms with Gasteiger partial charge in [0, 0.05) is 17.8 Å². The fraction of sp³-hybridized carbons (Fsp3) is 0.154. The monoisotopic (exact) mass is 429 g/mol. The molecule has 4 aromatic rings. The molecule has 1 heterocycles. The third-order valence-corrected chi connectivity index (χ3v) is 4.99. The predicted molar refractivity (Wildman–Crippen MR) is 124 cm³/mol. The minimum atomic E-state index is -0.172. The van der Waals surface area contributed by atoms with Gasteiger partial charge in [-0.1, -0.05) is 24.3 Å². The SMILES string of the molecule is CCOc1ccccc1-c1cc(=O)c2ccc(NC(=O)Cc3ccc(OC)cc3)cc2o1. The van der Waals surface area contributed by atoms with Crippen LogP contribution < -0.4 is 20.2 Å². The highest BCUT2D eigenvalue weighted by molar-refractivity contribution is 5.94. The first-order valence-corrected chi connectivity index (χ1v) is 10.3. The number of benzene rings is 3. The number of carbonyl (C=O) groups excluding carboxylic acids is 1. The highest BCUT2D eigenvalue weighted by Gasteiger charge is 2.13. The summed E-state index contributed by atoms with van der Waals surface area (Å²) in [7, 11) is 1.60. The summed E-state index contributed by atoms with van der Waals surface area (Å²) >= 11 is 0. The van der Waals surface area contributed by atoms with Gasteiger partial charge in [-0.15, -0.1) is 0 Å². The summed E-state index contributed by atoms with van der Waals surface area (Å²) in [4.78, 5) is 25.2. The van der Waals surface area contributed by atoms with Crippen LogP contribution in [0.2, 0.25) is 0 Å². The lowest BCUT2D eigenvalue weighted by atomic mass is 10.1. The molecule has 0 radical (unpaired) electrons. The quantitative estimate of drug-likeness (QED) is 0.445. The third kappa shape index (κ3) is 4.64. The van der Waals surface area contributed by atoms with E-state index in [2.05, 4.69) is 5.32 Å². The molecule has 0 spiro atoms. The molecule has 1 aromatic heterocycles. The van der Waals surface area contributed by atoms with Gasteiger partial charge in [0.15, 0.2) is 5.43 Å². The Bertz CT molecular complexity index is 1310. The maximum absolute atomic E-state index is 12.7. The zero-order valence-corrected chi connectivity index (χ0v) is 17.9. The lowest BCUT2D eigenvalue weighted by Gasteiger charge is -2.10. The summed E-state index contributed by atoms with van der Waals surface area (Å²) < 4.78 is 16.8. The number of ether oxygens (including phenoxy) is 2. The molecule has 0 saturated heterocycles. The van der Waals surface area contributed by atoms with E-state index in [0.717, 1.165) is 11.3 Å². The largest absolute Gasteiger partial charge is 0.497 e. The van der Waals surface area contributed by atoms with E-state index in [9.17, 15) is 9.59 Å². The minimum absolute atomic E-state index is 0.163. The van der Waals surface area contributed by atoms with Gasteiger partial charge >= 0.3 is 0 Å². The van der Waals surface area contributed by atoms with Crippen molar-refractivity contribution in [2.24, 2.45) is 0 Å². The number of carbonyl (C=O) groups is 1. The lowest BCUT2D eigenvalue weighted by molar-refractivity contribution is -0.115. The molecule has 6 heteroatoms. The predicted octanol–water partition coefficient (Wildman–Crippen LogP) is 5.05. The number of anilines is 1. The molecule has 0 aliphatic rings. The van der Waals surface area contributed by atoms with Gasteiger partial charge in [0.2, 0.25) is 5.91 Å². The van der Waals surface area contributed by atoms with E-state index in [4.69, 9.17) is 13.9 Å². The van der Waals surface area contributed by atoms with Gasteiger partial charge in [-0.25, -0.2) is 0 Å². The van der Waals surface area contributed by atoms with Crippen molar-refractivity contribution >= 4 is 22.6 Å². The van der Waals surface area contributed by atoms with Gasteiger partial charge in [-0.05, 0) is 48.9 Å². The standard InChI is InChI=1S/C26H23NO5/c1-3-31-23-7-5-4-6-21(23)25-16-22(28)20-13-10-18(15-24(20)32-25)27-26(29)14-17-8-11-19(30-2)12-9-17/h4-13,15-16H,3,14H2,1-2H3,(H,27,29). The number of amides is 1. The summed E-state index contributed by atoms with van der Waals surface area (Å²) in [5.41, 5.74) is 2.34. The van der Waals surface area contributed by atoms with E-state index < -0.39 is 0 Å². The minimum Gasteiger partial charge on any atom is -0.497 e. The maximum Gasteiger partial charge on any atom is 0.228 e. The van der Waals surface area contributed by atoms with Crippen LogP contribution in [0, 0.1) is 0 Å². The van der Waals surface area contributed by atoms with Crippen LogP contribution in [0.15, 0.2) is 82.0 Å². The van der Waals surface area contributed by atoms with E-state index in [0.29, 0.717) is 40.3 Å². The average Bonchev–Trinajstić information content (AvgIpc) is 2.80. The Hall–Kier alpha value is -4.06. The molecule has 1 N–H and O–H groups in total. The Kier molecular flexibility index (Phi) is 6.22. The molecular weight excluding hydrogens is 406 g/mol. The number of para-hydroxylation sites is 1. The zero-order chi connectivity index (χ0) is 22.5. The van der Waals surface area contributed by atoms with E-state index in [1.165, 1.54) is 6.07 Å². The molecule has 0 bridgehead atoms. The maximum atomic E-state index is 12.7. The summed E-state index contributed by atoms with van der Waals surface area (Å²) in [5.74, 6) is 1.62. The number of methoxy groups -OCH3 is 1. The molecule has 3 aromatic carbocycles. The van der Waals surface area contributed by atoms with Crippen LogP contribution in [-0.4, -0.2) is 19.6 Å². The number of rotatable bonds is 7. The Morgan fingerprint density at radius 1 is 1.00 bits per heavy atom. The average molecular weight is 429 g/mol. The van der Waals surface area contributed by atoms with Crippen LogP contribution in [-0.2, 0) is 11.2 Å². The molecule has 6 nitrogen and oxygen atoms in total. The molecule has 0 aliphatic carbocycles. The Morgan fingerprint density at radius 2 is 1.78 bits per heavy atom. The van der Waals surface area contributed by atoms with Crippen molar-refractivity contribution in [2.45, 2.75) is 13.3 Å². The van der Waals surface area contributed by atoms with Gasteiger partial charge in [-0.3, -0.25) is 9.59 Å².